The number of anilines is 2. The summed E-state index contributed by atoms with van der Waals surface area (Å²) in [4.78, 5) is 14.7. The van der Waals surface area contributed by atoms with Crippen molar-refractivity contribution in [2.24, 2.45) is 0 Å². The highest BCUT2D eigenvalue weighted by atomic mass is 19.2. The van der Waals surface area contributed by atoms with Crippen LogP contribution in [0.1, 0.15) is 24.2 Å². The molecule has 2 aromatic rings. The summed E-state index contributed by atoms with van der Waals surface area (Å²) in [7, 11) is 0. The van der Waals surface area contributed by atoms with Gasteiger partial charge in [-0.3, -0.25) is 4.79 Å². The molecule has 0 radical (unpaired) electrons. The number of hydrogen-bond donors (Lipinski definition) is 1. The molecule has 0 aliphatic carbocycles. The van der Waals surface area contributed by atoms with Gasteiger partial charge in [0.05, 0.1) is 37.8 Å². The molecule has 1 amide bonds. The minimum absolute atomic E-state index is 0.00145. The summed E-state index contributed by atoms with van der Waals surface area (Å²) in [6.45, 7) is 7.21. The van der Waals surface area contributed by atoms with Crippen LogP contribution in [0.2, 0.25) is 0 Å². The maximum Gasteiger partial charge on any atom is 0.255 e. The van der Waals surface area contributed by atoms with Crippen LogP contribution in [-0.2, 0) is 4.74 Å². The molecule has 156 valence electrons. The summed E-state index contributed by atoms with van der Waals surface area (Å²) in [5, 5.41) is 2.71. The summed E-state index contributed by atoms with van der Waals surface area (Å²) >= 11 is 0. The van der Waals surface area contributed by atoms with Crippen LogP contribution in [0.25, 0.3) is 0 Å². The average molecular weight is 406 g/mol. The Kier molecular flexibility index (Phi) is 6.87. The van der Waals surface area contributed by atoms with Gasteiger partial charge in [0, 0.05) is 30.8 Å². The molecule has 1 N–H and O–H groups in total. The van der Waals surface area contributed by atoms with Gasteiger partial charge < -0.3 is 24.4 Å². The lowest BCUT2D eigenvalue weighted by Crippen LogP contribution is -2.36. The number of hydrogen-bond acceptors (Lipinski definition) is 5. The van der Waals surface area contributed by atoms with Crippen molar-refractivity contribution in [3.05, 3.63) is 47.5 Å². The number of carbonyl (C=O) groups excluding carboxylic acids is 1. The topological polar surface area (TPSA) is 60.0 Å². The van der Waals surface area contributed by atoms with Gasteiger partial charge in [-0.05, 0) is 32.0 Å². The molecular weight excluding hydrogens is 382 g/mol. The summed E-state index contributed by atoms with van der Waals surface area (Å²) in [5.41, 5.74) is 1.24. The quantitative estimate of drug-likeness (QED) is 0.757. The zero-order valence-corrected chi connectivity index (χ0v) is 16.5. The van der Waals surface area contributed by atoms with E-state index in [-0.39, 0.29) is 5.56 Å². The number of amides is 1. The number of halogens is 2. The Labute approximate surface area is 168 Å². The molecule has 6 nitrogen and oxygen atoms in total. The third kappa shape index (κ3) is 4.95. The molecule has 0 saturated carbocycles. The van der Waals surface area contributed by atoms with Gasteiger partial charge in [0.15, 0.2) is 11.6 Å². The Hall–Kier alpha value is -2.87. The highest BCUT2D eigenvalue weighted by Crippen LogP contribution is 2.39. The summed E-state index contributed by atoms with van der Waals surface area (Å²) in [6.07, 6.45) is 0. The average Bonchev–Trinajstić information content (AvgIpc) is 2.72. The Morgan fingerprint density at radius 2 is 1.72 bits per heavy atom. The van der Waals surface area contributed by atoms with Crippen molar-refractivity contribution in [2.75, 3.05) is 49.7 Å². The molecule has 0 spiro atoms. The highest BCUT2D eigenvalue weighted by molar-refractivity contribution is 6.05. The van der Waals surface area contributed by atoms with E-state index in [9.17, 15) is 13.6 Å². The fourth-order valence-corrected chi connectivity index (χ4v) is 3.08. The second-order valence-electron chi connectivity index (χ2n) is 6.36. The van der Waals surface area contributed by atoms with Crippen molar-refractivity contribution >= 4 is 17.3 Å². The van der Waals surface area contributed by atoms with Crippen LogP contribution < -0.4 is 19.7 Å². The monoisotopic (exact) mass is 406 g/mol. The van der Waals surface area contributed by atoms with Crippen LogP contribution in [-0.4, -0.2) is 45.4 Å². The SMILES string of the molecule is CCOc1cc(N2CCOCC2)c(OCC)cc1NC(=O)c1ccc(F)c(F)c1. The van der Waals surface area contributed by atoms with Gasteiger partial charge in [-0.2, -0.15) is 0 Å². The zero-order chi connectivity index (χ0) is 20.8. The molecule has 0 unspecified atom stereocenters. The van der Waals surface area contributed by atoms with E-state index in [0.717, 1.165) is 17.8 Å². The Bertz CT molecular complexity index is 870. The molecule has 0 bridgehead atoms. The van der Waals surface area contributed by atoms with Gasteiger partial charge >= 0.3 is 0 Å². The first-order valence-electron chi connectivity index (χ1n) is 9.56. The molecular formula is C21H24F2N2O4. The molecule has 1 saturated heterocycles. The lowest BCUT2D eigenvalue weighted by atomic mass is 10.1. The van der Waals surface area contributed by atoms with Crippen molar-refractivity contribution in [1.29, 1.82) is 0 Å². The van der Waals surface area contributed by atoms with Gasteiger partial charge in [0.1, 0.15) is 11.5 Å². The number of nitrogens with zero attached hydrogens (tertiary/aromatic N) is 1. The third-order valence-electron chi connectivity index (χ3n) is 4.44. The molecule has 29 heavy (non-hydrogen) atoms. The van der Waals surface area contributed by atoms with Gasteiger partial charge in [-0.15, -0.1) is 0 Å². The van der Waals surface area contributed by atoms with E-state index >= 15 is 0 Å². The minimum atomic E-state index is -1.08. The van der Waals surface area contributed by atoms with E-state index in [0.29, 0.717) is 56.7 Å². The Morgan fingerprint density at radius 1 is 1.03 bits per heavy atom. The van der Waals surface area contributed by atoms with Crippen molar-refractivity contribution in [3.63, 3.8) is 0 Å². The number of morpholine rings is 1. The zero-order valence-electron chi connectivity index (χ0n) is 16.5. The third-order valence-corrected chi connectivity index (χ3v) is 4.44. The van der Waals surface area contributed by atoms with E-state index in [1.165, 1.54) is 6.07 Å². The molecule has 8 heteroatoms. The van der Waals surface area contributed by atoms with Crippen molar-refractivity contribution < 1.29 is 27.8 Å². The smallest absolute Gasteiger partial charge is 0.255 e. The first-order valence-corrected chi connectivity index (χ1v) is 9.56. The van der Waals surface area contributed by atoms with Crippen molar-refractivity contribution in [2.45, 2.75) is 13.8 Å². The normalized spacial score (nSPS) is 13.9. The summed E-state index contributed by atoms with van der Waals surface area (Å²) in [6, 6.07) is 6.51. The number of rotatable bonds is 7. The fourth-order valence-electron chi connectivity index (χ4n) is 3.08. The summed E-state index contributed by atoms with van der Waals surface area (Å²) < 4.78 is 43.6. The van der Waals surface area contributed by atoms with Gasteiger partial charge in [-0.25, -0.2) is 8.78 Å². The van der Waals surface area contributed by atoms with Crippen LogP contribution in [0.15, 0.2) is 30.3 Å². The lowest BCUT2D eigenvalue weighted by molar-refractivity contribution is 0.102. The van der Waals surface area contributed by atoms with E-state index in [2.05, 4.69) is 10.2 Å². The Morgan fingerprint density at radius 3 is 2.38 bits per heavy atom. The molecule has 1 aliphatic heterocycles. The van der Waals surface area contributed by atoms with E-state index in [1.54, 1.807) is 6.07 Å². The molecule has 1 fully saturated rings. The lowest BCUT2D eigenvalue weighted by Gasteiger charge is -2.31. The Balaban J connectivity index is 1.94. The molecule has 1 heterocycles. The minimum Gasteiger partial charge on any atom is -0.492 e. The number of nitrogens with one attached hydrogen (secondary N) is 1. The first-order chi connectivity index (χ1) is 14.0. The van der Waals surface area contributed by atoms with Gasteiger partial charge in [0.2, 0.25) is 0 Å². The van der Waals surface area contributed by atoms with E-state index < -0.39 is 17.5 Å². The molecule has 3 rings (SSSR count). The first kappa shape index (κ1) is 20.9. The van der Waals surface area contributed by atoms with Crippen LogP contribution >= 0.6 is 0 Å². The predicted molar refractivity (Wildman–Crippen MR) is 106 cm³/mol. The van der Waals surface area contributed by atoms with Crippen molar-refractivity contribution in [1.82, 2.24) is 0 Å². The predicted octanol–water partition coefficient (Wildman–Crippen LogP) is 3.85. The second kappa shape index (κ2) is 9.56. The van der Waals surface area contributed by atoms with Crippen LogP contribution in [0.5, 0.6) is 11.5 Å². The van der Waals surface area contributed by atoms with Crippen LogP contribution in [0, 0.1) is 11.6 Å². The van der Waals surface area contributed by atoms with Crippen LogP contribution in [0.4, 0.5) is 20.2 Å². The number of carbonyl (C=O) groups is 1. The van der Waals surface area contributed by atoms with Crippen molar-refractivity contribution in [3.8, 4) is 11.5 Å². The van der Waals surface area contributed by atoms with E-state index in [4.69, 9.17) is 14.2 Å². The maximum atomic E-state index is 13.5. The molecule has 1 aliphatic rings. The standard InChI is InChI=1S/C21H24F2N2O4/c1-3-28-19-13-18(25-7-9-27-10-8-25)20(29-4-2)12-17(19)24-21(26)14-5-6-15(22)16(23)11-14/h5-6,11-13H,3-4,7-10H2,1-2H3,(H,24,26). The maximum absolute atomic E-state index is 13.5. The van der Waals surface area contributed by atoms with Gasteiger partial charge in [-0.1, -0.05) is 0 Å². The fraction of sp³-hybridized carbons (Fsp3) is 0.381. The largest absolute Gasteiger partial charge is 0.492 e. The van der Waals surface area contributed by atoms with Crippen LogP contribution in [0.3, 0.4) is 0 Å². The second-order valence-corrected chi connectivity index (χ2v) is 6.36. The summed E-state index contributed by atoms with van der Waals surface area (Å²) in [5.74, 6) is -1.61. The molecule has 2 aromatic carbocycles. The van der Waals surface area contributed by atoms with Gasteiger partial charge in [0.25, 0.3) is 5.91 Å². The number of ether oxygens (including phenoxy) is 3. The highest BCUT2D eigenvalue weighted by Gasteiger charge is 2.21. The number of benzene rings is 2. The molecule has 0 atom stereocenters. The molecule has 0 aromatic heterocycles. The van der Waals surface area contributed by atoms with E-state index in [1.807, 2.05) is 19.9 Å².